The molecule has 1 heterocycles. The van der Waals surface area contributed by atoms with Gasteiger partial charge in [0.2, 0.25) is 0 Å². The van der Waals surface area contributed by atoms with Gasteiger partial charge in [-0.2, -0.15) is 0 Å². The molecule has 0 radical (unpaired) electrons. The third kappa shape index (κ3) is 3.18. The van der Waals surface area contributed by atoms with Crippen LogP contribution in [-0.2, 0) is 4.74 Å². The Hall–Kier alpha value is -2.44. The van der Waals surface area contributed by atoms with Gasteiger partial charge in [0.25, 0.3) is 5.91 Å². The number of para-hydroxylation sites is 1. The average Bonchev–Trinajstić information content (AvgIpc) is 2.95. The molecule has 7 heteroatoms. The number of amides is 2. The van der Waals surface area contributed by atoms with Crippen LogP contribution in [0.25, 0.3) is 0 Å². The molecule has 1 fully saturated rings. The zero-order valence-corrected chi connectivity index (χ0v) is 12.1. The first kappa shape index (κ1) is 15.0. The van der Waals surface area contributed by atoms with E-state index in [4.69, 9.17) is 10.5 Å². The molecule has 0 bridgehead atoms. The first-order valence-electron chi connectivity index (χ1n) is 6.63. The Morgan fingerprint density at radius 2 is 2.14 bits per heavy atom. The summed E-state index contributed by atoms with van der Waals surface area (Å²) >= 11 is 0. The zero-order chi connectivity index (χ0) is 15.4. The van der Waals surface area contributed by atoms with E-state index in [0.717, 1.165) is 0 Å². The van der Waals surface area contributed by atoms with E-state index in [1.165, 1.54) is 14.2 Å². The molecule has 1 saturated heterocycles. The summed E-state index contributed by atoms with van der Waals surface area (Å²) in [5, 5.41) is 2.69. The van der Waals surface area contributed by atoms with Gasteiger partial charge in [-0.15, -0.1) is 0 Å². The maximum Gasteiger partial charge on any atom is 0.407 e. The predicted octanol–water partition coefficient (Wildman–Crippen LogP) is 0.848. The average molecular weight is 293 g/mol. The number of methoxy groups -OCH3 is 2. The number of nitrogen functional groups attached to an aromatic ring is 1. The molecule has 21 heavy (non-hydrogen) atoms. The molecule has 2 rings (SSSR count). The standard InChI is InChI=1S/C14H19N3O4/c1-20-11-5-3-4-10(12(11)15)13(18)17-7-6-9(8-17)16-14(19)21-2/h3-5,9H,6-8,15H2,1-2H3,(H,16,19). The number of benzene rings is 1. The number of carbonyl (C=O) groups excluding carboxylic acids is 2. The molecule has 0 aliphatic carbocycles. The minimum atomic E-state index is -0.491. The number of likely N-dealkylation sites (tertiary alicyclic amines) is 1. The lowest BCUT2D eigenvalue weighted by atomic mass is 10.1. The van der Waals surface area contributed by atoms with E-state index in [2.05, 4.69) is 10.1 Å². The molecule has 3 N–H and O–H groups in total. The number of ether oxygens (including phenoxy) is 2. The molecular formula is C14H19N3O4. The highest BCUT2D eigenvalue weighted by molar-refractivity contribution is 6.00. The number of anilines is 1. The smallest absolute Gasteiger partial charge is 0.407 e. The molecule has 114 valence electrons. The van der Waals surface area contributed by atoms with Gasteiger partial charge in [0, 0.05) is 13.1 Å². The quantitative estimate of drug-likeness (QED) is 0.806. The van der Waals surface area contributed by atoms with Gasteiger partial charge in [0.15, 0.2) is 0 Å². The number of nitrogens with zero attached hydrogens (tertiary/aromatic N) is 1. The lowest BCUT2D eigenvalue weighted by Crippen LogP contribution is -2.38. The van der Waals surface area contributed by atoms with Crippen molar-refractivity contribution in [1.82, 2.24) is 10.2 Å². The SMILES string of the molecule is COC(=O)NC1CCN(C(=O)c2cccc(OC)c2N)C1. The van der Waals surface area contributed by atoms with Gasteiger partial charge in [0.05, 0.1) is 31.5 Å². The molecule has 1 aliphatic heterocycles. The molecule has 7 nitrogen and oxygen atoms in total. The second-order valence-electron chi connectivity index (χ2n) is 4.79. The van der Waals surface area contributed by atoms with E-state index in [1.54, 1.807) is 23.1 Å². The number of nitrogens with one attached hydrogen (secondary N) is 1. The van der Waals surface area contributed by atoms with Gasteiger partial charge < -0.3 is 25.4 Å². The predicted molar refractivity (Wildman–Crippen MR) is 77.3 cm³/mol. The summed E-state index contributed by atoms with van der Waals surface area (Å²) in [4.78, 5) is 25.3. The molecular weight excluding hydrogens is 274 g/mol. The Labute approximate surface area is 123 Å². The highest BCUT2D eigenvalue weighted by Gasteiger charge is 2.29. The van der Waals surface area contributed by atoms with E-state index in [0.29, 0.717) is 36.5 Å². The fourth-order valence-corrected chi connectivity index (χ4v) is 2.37. The molecule has 0 spiro atoms. The van der Waals surface area contributed by atoms with Gasteiger partial charge in [0.1, 0.15) is 5.75 Å². The first-order valence-corrected chi connectivity index (χ1v) is 6.63. The molecule has 0 aromatic heterocycles. The van der Waals surface area contributed by atoms with Crippen LogP contribution in [0.15, 0.2) is 18.2 Å². The second kappa shape index (κ2) is 6.34. The minimum absolute atomic E-state index is 0.103. The maximum atomic E-state index is 12.5. The van der Waals surface area contributed by atoms with Crippen LogP contribution in [0.2, 0.25) is 0 Å². The van der Waals surface area contributed by atoms with Crippen molar-refractivity contribution < 1.29 is 19.1 Å². The van der Waals surface area contributed by atoms with E-state index in [-0.39, 0.29) is 11.9 Å². The van der Waals surface area contributed by atoms with Gasteiger partial charge in [-0.05, 0) is 18.6 Å². The van der Waals surface area contributed by atoms with E-state index in [9.17, 15) is 9.59 Å². The Morgan fingerprint density at radius 1 is 1.38 bits per heavy atom. The summed E-state index contributed by atoms with van der Waals surface area (Å²) in [5.74, 6) is 0.310. The van der Waals surface area contributed by atoms with Crippen molar-refractivity contribution in [2.45, 2.75) is 12.5 Å². The van der Waals surface area contributed by atoms with Gasteiger partial charge in [-0.25, -0.2) is 4.79 Å². The van der Waals surface area contributed by atoms with Crippen molar-refractivity contribution in [2.75, 3.05) is 33.0 Å². The van der Waals surface area contributed by atoms with Crippen LogP contribution < -0.4 is 15.8 Å². The van der Waals surface area contributed by atoms with Gasteiger partial charge in [-0.3, -0.25) is 4.79 Å². The normalized spacial score (nSPS) is 17.4. The van der Waals surface area contributed by atoms with Crippen LogP contribution >= 0.6 is 0 Å². The van der Waals surface area contributed by atoms with Crippen LogP contribution in [0.5, 0.6) is 5.75 Å². The maximum absolute atomic E-state index is 12.5. The van der Waals surface area contributed by atoms with E-state index < -0.39 is 6.09 Å². The van der Waals surface area contributed by atoms with Crippen LogP contribution in [0, 0.1) is 0 Å². The summed E-state index contributed by atoms with van der Waals surface area (Å²) in [6, 6.07) is 5.00. The highest BCUT2D eigenvalue weighted by atomic mass is 16.5. The van der Waals surface area contributed by atoms with Crippen molar-refractivity contribution in [1.29, 1.82) is 0 Å². The summed E-state index contributed by atoms with van der Waals surface area (Å²) in [7, 11) is 2.82. The van der Waals surface area contributed by atoms with Crippen molar-refractivity contribution in [2.24, 2.45) is 0 Å². The Morgan fingerprint density at radius 3 is 2.81 bits per heavy atom. The monoisotopic (exact) mass is 293 g/mol. The number of hydrogen-bond acceptors (Lipinski definition) is 5. The third-order valence-corrected chi connectivity index (χ3v) is 3.50. The molecule has 0 saturated carbocycles. The largest absolute Gasteiger partial charge is 0.495 e. The Balaban J connectivity index is 2.07. The molecule has 2 amide bonds. The molecule has 1 aromatic rings. The van der Waals surface area contributed by atoms with Crippen molar-refractivity contribution in [3.8, 4) is 5.75 Å². The number of nitrogens with two attached hydrogens (primary N) is 1. The van der Waals surface area contributed by atoms with E-state index in [1.807, 2.05) is 0 Å². The van der Waals surface area contributed by atoms with Gasteiger partial charge in [-0.1, -0.05) is 6.07 Å². The van der Waals surface area contributed by atoms with Crippen LogP contribution in [-0.4, -0.2) is 50.3 Å². The lowest BCUT2D eigenvalue weighted by Gasteiger charge is -2.18. The fraction of sp³-hybridized carbons (Fsp3) is 0.429. The number of hydrogen-bond donors (Lipinski definition) is 2. The van der Waals surface area contributed by atoms with Crippen LogP contribution in [0.4, 0.5) is 10.5 Å². The highest BCUT2D eigenvalue weighted by Crippen LogP contribution is 2.26. The minimum Gasteiger partial charge on any atom is -0.495 e. The van der Waals surface area contributed by atoms with Crippen molar-refractivity contribution >= 4 is 17.7 Å². The summed E-state index contributed by atoms with van der Waals surface area (Å²) in [6.07, 6.45) is 0.195. The molecule has 1 aromatic carbocycles. The fourth-order valence-electron chi connectivity index (χ4n) is 2.37. The van der Waals surface area contributed by atoms with Crippen molar-refractivity contribution in [3.05, 3.63) is 23.8 Å². The molecule has 1 aliphatic rings. The number of carbonyl (C=O) groups is 2. The third-order valence-electron chi connectivity index (χ3n) is 3.50. The van der Waals surface area contributed by atoms with Gasteiger partial charge >= 0.3 is 6.09 Å². The number of rotatable bonds is 3. The van der Waals surface area contributed by atoms with Crippen LogP contribution in [0.1, 0.15) is 16.8 Å². The topological polar surface area (TPSA) is 93.9 Å². The van der Waals surface area contributed by atoms with Crippen LogP contribution in [0.3, 0.4) is 0 Å². The summed E-state index contributed by atoms with van der Waals surface area (Å²) in [6.45, 7) is 0.995. The summed E-state index contributed by atoms with van der Waals surface area (Å²) in [5.41, 5.74) is 6.68. The van der Waals surface area contributed by atoms with E-state index >= 15 is 0 Å². The summed E-state index contributed by atoms with van der Waals surface area (Å²) < 4.78 is 9.67. The molecule has 1 atom stereocenters. The Kier molecular flexibility index (Phi) is 4.52. The van der Waals surface area contributed by atoms with Crippen molar-refractivity contribution in [3.63, 3.8) is 0 Å². The first-order chi connectivity index (χ1) is 10.1. The molecule has 1 unspecified atom stereocenters. The zero-order valence-electron chi connectivity index (χ0n) is 12.1. The lowest BCUT2D eigenvalue weighted by molar-refractivity contribution is 0.0789. The Bertz CT molecular complexity index is 547. The second-order valence-corrected chi connectivity index (χ2v) is 4.79. The number of alkyl carbamates (subject to hydrolysis) is 1.